The fraction of sp³-hybridized carbons (Fsp3) is 0.133. The first-order valence-electron chi connectivity index (χ1n) is 5.99. The maximum Gasteiger partial charge on any atom is 0.291 e. The molecular formula is C15H14BrNO3. The first-order valence-corrected chi connectivity index (χ1v) is 6.78. The Balaban J connectivity index is 2.12. The van der Waals surface area contributed by atoms with Gasteiger partial charge in [-0.3, -0.25) is 4.79 Å². The number of nitrogens with one attached hydrogen (secondary N) is 1. The summed E-state index contributed by atoms with van der Waals surface area (Å²) in [6.45, 7) is 6.06. The summed E-state index contributed by atoms with van der Waals surface area (Å²) in [5, 5.41) is 2.76. The van der Waals surface area contributed by atoms with Crippen molar-refractivity contribution < 1.29 is 13.9 Å². The number of hydrogen-bond donors (Lipinski definition) is 1. The molecule has 1 aromatic carbocycles. The van der Waals surface area contributed by atoms with Crippen LogP contribution in [0.1, 0.15) is 17.5 Å². The van der Waals surface area contributed by atoms with Crippen LogP contribution in [-0.2, 0) is 0 Å². The van der Waals surface area contributed by atoms with Gasteiger partial charge in [-0.1, -0.05) is 18.7 Å². The minimum Gasteiger partial charge on any atom is -0.487 e. The Hall–Kier alpha value is -2.01. The number of carbonyl (C=O) groups is 1. The molecule has 4 nitrogen and oxygen atoms in total. The zero-order chi connectivity index (χ0) is 14.5. The molecule has 0 bridgehead atoms. The summed E-state index contributed by atoms with van der Waals surface area (Å²) < 4.78 is 11.3. The highest BCUT2D eigenvalue weighted by Gasteiger charge is 2.13. The molecule has 0 unspecified atom stereocenters. The lowest BCUT2D eigenvalue weighted by molar-refractivity contribution is 0.0995. The van der Waals surface area contributed by atoms with Gasteiger partial charge in [0, 0.05) is 0 Å². The number of amides is 1. The summed E-state index contributed by atoms with van der Waals surface area (Å²) >= 11 is 3.16. The van der Waals surface area contributed by atoms with E-state index >= 15 is 0 Å². The number of hydrogen-bond acceptors (Lipinski definition) is 3. The van der Waals surface area contributed by atoms with Crippen molar-refractivity contribution in [1.29, 1.82) is 0 Å². The van der Waals surface area contributed by atoms with Gasteiger partial charge in [0.25, 0.3) is 5.91 Å². The summed E-state index contributed by atoms with van der Waals surface area (Å²) in [6, 6.07) is 10.5. The number of furan rings is 1. The maximum absolute atomic E-state index is 12.0. The van der Waals surface area contributed by atoms with Crippen LogP contribution in [0.3, 0.4) is 0 Å². The summed E-state index contributed by atoms with van der Waals surface area (Å²) in [4.78, 5) is 12.0. The molecule has 0 spiro atoms. The van der Waals surface area contributed by atoms with Gasteiger partial charge in [0.2, 0.25) is 0 Å². The predicted octanol–water partition coefficient (Wildman–Crippen LogP) is 4.25. The number of halogens is 1. The standard InChI is InChI=1S/C15H14BrNO3/c1-10(2)9-19-12-6-4-3-5-11(12)17-15(18)13-7-8-14(16)20-13/h3-8H,1,9H2,2H3,(H,17,18). The van der Waals surface area contributed by atoms with Crippen LogP contribution in [0.4, 0.5) is 5.69 Å². The van der Waals surface area contributed by atoms with Crippen molar-refractivity contribution in [2.75, 3.05) is 11.9 Å². The van der Waals surface area contributed by atoms with Gasteiger partial charge in [0.05, 0.1) is 5.69 Å². The lowest BCUT2D eigenvalue weighted by Gasteiger charge is -2.11. The molecule has 1 heterocycles. The third-order valence-corrected chi connectivity index (χ3v) is 2.83. The Labute approximate surface area is 125 Å². The lowest BCUT2D eigenvalue weighted by Crippen LogP contribution is -2.12. The van der Waals surface area contributed by atoms with E-state index in [1.54, 1.807) is 24.3 Å². The Morgan fingerprint density at radius 1 is 1.35 bits per heavy atom. The molecule has 0 saturated heterocycles. The normalized spacial score (nSPS) is 10.1. The highest BCUT2D eigenvalue weighted by Crippen LogP contribution is 2.25. The van der Waals surface area contributed by atoms with Gasteiger partial charge < -0.3 is 14.5 Å². The van der Waals surface area contributed by atoms with Gasteiger partial charge in [-0.05, 0) is 52.7 Å². The summed E-state index contributed by atoms with van der Waals surface area (Å²) in [7, 11) is 0. The Kier molecular flexibility index (Phi) is 4.63. The van der Waals surface area contributed by atoms with E-state index < -0.39 is 0 Å². The number of carbonyl (C=O) groups excluding carboxylic acids is 1. The van der Waals surface area contributed by atoms with Crippen molar-refractivity contribution in [3.8, 4) is 5.75 Å². The topological polar surface area (TPSA) is 51.5 Å². The second-order valence-corrected chi connectivity index (χ2v) is 5.08. The van der Waals surface area contributed by atoms with Gasteiger partial charge >= 0.3 is 0 Å². The average Bonchev–Trinajstić information content (AvgIpc) is 2.84. The van der Waals surface area contributed by atoms with Crippen molar-refractivity contribution in [1.82, 2.24) is 0 Å². The van der Waals surface area contributed by atoms with Crippen LogP contribution in [0.15, 0.2) is 57.6 Å². The molecule has 1 N–H and O–H groups in total. The molecule has 2 aromatic rings. The van der Waals surface area contributed by atoms with Crippen LogP contribution in [0.25, 0.3) is 0 Å². The minimum atomic E-state index is -0.331. The quantitative estimate of drug-likeness (QED) is 0.831. The summed E-state index contributed by atoms with van der Waals surface area (Å²) in [5.41, 5.74) is 1.49. The predicted molar refractivity (Wildman–Crippen MR) is 81.1 cm³/mol. The van der Waals surface area contributed by atoms with E-state index in [4.69, 9.17) is 9.15 Å². The first-order chi connectivity index (χ1) is 9.56. The Bertz CT molecular complexity index is 634. The molecule has 0 aliphatic rings. The molecule has 5 heteroatoms. The smallest absolute Gasteiger partial charge is 0.291 e. The zero-order valence-electron chi connectivity index (χ0n) is 11.0. The molecule has 0 aliphatic heterocycles. The van der Waals surface area contributed by atoms with Crippen LogP contribution in [0.2, 0.25) is 0 Å². The zero-order valence-corrected chi connectivity index (χ0v) is 12.6. The first kappa shape index (κ1) is 14.4. The molecule has 0 aliphatic carbocycles. The molecular weight excluding hydrogens is 322 g/mol. The number of benzene rings is 1. The highest BCUT2D eigenvalue weighted by molar-refractivity contribution is 9.10. The lowest BCUT2D eigenvalue weighted by atomic mass is 10.2. The summed E-state index contributed by atoms with van der Waals surface area (Å²) in [5.74, 6) is 0.489. The maximum atomic E-state index is 12.0. The highest BCUT2D eigenvalue weighted by atomic mass is 79.9. The molecule has 104 valence electrons. The van der Waals surface area contributed by atoms with E-state index in [1.807, 2.05) is 19.1 Å². The van der Waals surface area contributed by atoms with Crippen molar-refractivity contribution in [3.05, 3.63) is 59.0 Å². The van der Waals surface area contributed by atoms with Gasteiger partial charge in [-0.25, -0.2) is 0 Å². The van der Waals surface area contributed by atoms with Gasteiger partial charge in [-0.2, -0.15) is 0 Å². The number of para-hydroxylation sites is 2. The Morgan fingerprint density at radius 2 is 2.10 bits per heavy atom. The van der Waals surface area contributed by atoms with Crippen LogP contribution in [0, 0.1) is 0 Å². The van der Waals surface area contributed by atoms with E-state index in [1.165, 1.54) is 0 Å². The second kappa shape index (κ2) is 6.43. The third kappa shape index (κ3) is 3.74. The van der Waals surface area contributed by atoms with Crippen LogP contribution >= 0.6 is 15.9 Å². The summed E-state index contributed by atoms with van der Waals surface area (Å²) in [6.07, 6.45) is 0. The van der Waals surface area contributed by atoms with Gasteiger partial charge in [0.1, 0.15) is 12.4 Å². The molecule has 0 radical (unpaired) electrons. The Morgan fingerprint density at radius 3 is 2.75 bits per heavy atom. The number of anilines is 1. The molecule has 0 saturated carbocycles. The van der Waals surface area contributed by atoms with Crippen molar-refractivity contribution in [2.45, 2.75) is 6.92 Å². The van der Waals surface area contributed by atoms with E-state index in [0.29, 0.717) is 22.7 Å². The molecule has 1 aromatic heterocycles. The monoisotopic (exact) mass is 335 g/mol. The fourth-order valence-electron chi connectivity index (χ4n) is 1.52. The van der Waals surface area contributed by atoms with Crippen molar-refractivity contribution >= 4 is 27.5 Å². The van der Waals surface area contributed by atoms with E-state index in [9.17, 15) is 4.79 Å². The molecule has 20 heavy (non-hydrogen) atoms. The van der Waals surface area contributed by atoms with Crippen molar-refractivity contribution in [2.24, 2.45) is 0 Å². The van der Waals surface area contributed by atoms with E-state index in [-0.39, 0.29) is 11.7 Å². The average molecular weight is 336 g/mol. The van der Waals surface area contributed by atoms with Crippen LogP contribution in [-0.4, -0.2) is 12.5 Å². The molecule has 0 atom stereocenters. The van der Waals surface area contributed by atoms with Crippen LogP contribution < -0.4 is 10.1 Å². The number of ether oxygens (including phenoxy) is 1. The molecule has 2 rings (SSSR count). The fourth-order valence-corrected chi connectivity index (χ4v) is 1.82. The molecule has 0 fully saturated rings. The van der Waals surface area contributed by atoms with E-state index in [0.717, 1.165) is 5.57 Å². The van der Waals surface area contributed by atoms with E-state index in [2.05, 4.69) is 27.8 Å². The minimum absolute atomic E-state index is 0.228. The van der Waals surface area contributed by atoms with Crippen LogP contribution in [0.5, 0.6) is 5.75 Å². The largest absolute Gasteiger partial charge is 0.487 e. The van der Waals surface area contributed by atoms with Gasteiger partial charge in [0.15, 0.2) is 10.4 Å². The molecule has 1 amide bonds. The number of rotatable bonds is 5. The SMILES string of the molecule is C=C(C)COc1ccccc1NC(=O)c1ccc(Br)o1. The van der Waals surface area contributed by atoms with Gasteiger partial charge in [-0.15, -0.1) is 0 Å². The third-order valence-electron chi connectivity index (χ3n) is 2.41. The second-order valence-electron chi connectivity index (χ2n) is 4.30. The van der Waals surface area contributed by atoms with Crippen molar-refractivity contribution in [3.63, 3.8) is 0 Å².